The van der Waals surface area contributed by atoms with Crippen LogP contribution in [0.2, 0.25) is 0 Å². The maximum absolute atomic E-state index is 12.1. The molecule has 0 atom stereocenters. The summed E-state index contributed by atoms with van der Waals surface area (Å²) in [6.07, 6.45) is 4.86. The Balaban J connectivity index is 2.17. The fourth-order valence-corrected chi connectivity index (χ4v) is 2.83. The van der Waals surface area contributed by atoms with Gasteiger partial charge in [0.2, 0.25) is 0 Å². The van der Waals surface area contributed by atoms with Gasteiger partial charge in [-0.2, -0.15) is 0 Å². The van der Waals surface area contributed by atoms with Crippen LogP contribution >= 0.6 is 15.9 Å². The summed E-state index contributed by atoms with van der Waals surface area (Å²) in [5, 5.41) is 0. The normalized spacial score (nSPS) is 16.5. The van der Waals surface area contributed by atoms with Gasteiger partial charge in [0.05, 0.1) is 6.61 Å². The molecular formula is C12H13BrN4O2. The molecule has 3 rings (SSSR count). The predicted molar refractivity (Wildman–Crippen MR) is 72.6 cm³/mol. The lowest BCUT2D eigenvalue weighted by Gasteiger charge is -2.12. The van der Waals surface area contributed by atoms with Crippen LogP contribution in [0.4, 0.5) is 5.82 Å². The van der Waals surface area contributed by atoms with Crippen LogP contribution in [0.3, 0.4) is 0 Å². The summed E-state index contributed by atoms with van der Waals surface area (Å²) >= 11 is 3.37. The first-order valence-electron chi connectivity index (χ1n) is 6.06. The number of nitrogens with zero attached hydrogens (tertiary/aromatic N) is 3. The van der Waals surface area contributed by atoms with E-state index in [4.69, 9.17) is 10.5 Å². The maximum atomic E-state index is 12.1. The Bertz CT molecular complexity index is 663. The molecule has 1 saturated carbocycles. The molecule has 0 spiro atoms. The van der Waals surface area contributed by atoms with Gasteiger partial charge < -0.3 is 10.5 Å². The molecule has 0 radical (unpaired) electrons. The average Bonchev–Trinajstić information content (AvgIpc) is 3.11. The van der Waals surface area contributed by atoms with Crippen molar-refractivity contribution in [1.82, 2.24) is 14.4 Å². The number of ether oxygens (including phenoxy) is 1. The quantitative estimate of drug-likeness (QED) is 0.868. The Morgan fingerprint density at radius 2 is 2.37 bits per heavy atom. The zero-order chi connectivity index (χ0) is 13.6. The van der Waals surface area contributed by atoms with Crippen LogP contribution in [0.5, 0.6) is 0 Å². The van der Waals surface area contributed by atoms with E-state index in [1.807, 2.05) is 4.40 Å². The van der Waals surface area contributed by atoms with E-state index in [9.17, 15) is 4.79 Å². The first-order valence-corrected chi connectivity index (χ1v) is 6.85. The van der Waals surface area contributed by atoms with E-state index in [0.717, 1.165) is 12.8 Å². The molecule has 2 heterocycles. The van der Waals surface area contributed by atoms with Crippen LogP contribution in [0, 0.1) is 0 Å². The fraction of sp³-hybridized carbons (Fsp3) is 0.417. The minimum Gasteiger partial charge on any atom is -0.465 e. The van der Waals surface area contributed by atoms with E-state index >= 15 is 0 Å². The van der Waals surface area contributed by atoms with Crippen LogP contribution < -0.4 is 5.73 Å². The minimum atomic E-state index is -0.626. The summed E-state index contributed by atoms with van der Waals surface area (Å²) in [6.45, 7) is 2.17. The van der Waals surface area contributed by atoms with E-state index in [1.54, 1.807) is 19.3 Å². The molecule has 2 N–H and O–H groups in total. The Kier molecular flexibility index (Phi) is 2.74. The van der Waals surface area contributed by atoms with Gasteiger partial charge in [0, 0.05) is 12.4 Å². The smallest absolute Gasteiger partial charge is 0.319 e. The van der Waals surface area contributed by atoms with Crippen LogP contribution in [0.1, 0.15) is 25.6 Å². The van der Waals surface area contributed by atoms with Gasteiger partial charge in [-0.1, -0.05) is 0 Å². The predicted octanol–water partition coefficient (Wildman–Crippen LogP) is 1.67. The number of carbonyl (C=O) groups excluding carboxylic acids is 1. The lowest BCUT2D eigenvalue weighted by molar-refractivity contribution is -0.146. The molecule has 100 valence electrons. The highest BCUT2D eigenvalue weighted by Crippen LogP contribution is 2.49. The van der Waals surface area contributed by atoms with Crippen molar-refractivity contribution in [2.45, 2.75) is 25.2 Å². The number of carbonyl (C=O) groups is 1. The molecule has 0 amide bonds. The van der Waals surface area contributed by atoms with Crippen LogP contribution in [0.25, 0.3) is 5.52 Å². The number of fused-ring (bicyclic) bond motifs is 1. The van der Waals surface area contributed by atoms with Gasteiger partial charge in [0.1, 0.15) is 21.4 Å². The number of imidazole rings is 1. The molecule has 1 aliphatic carbocycles. The van der Waals surface area contributed by atoms with Gasteiger partial charge in [0.25, 0.3) is 0 Å². The SMILES string of the molecule is CCOC(=O)C1(c2nc(Br)c3c(N)nccn23)CC1. The molecule has 7 heteroatoms. The Morgan fingerprint density at radius 1 is 1.63 bits per heavy atom. The summed E-state index contributed by atoms with van der Waals surface area (Å²) in [4.78, 5) is 20.6. The molecule has 1 fully saturated rings. The van der Waals surface area contributed by atoms with E-state index in [0.29, 0.717) is 28.4 Å². The lowest BCUT2D eigenvalue weighted by Crippen LogP contribution is -2.25. The number of anilines is 1. The maximum Gasteiger partial charge on any atom is 0.319 e. The summed E-state index contributed by atoms with van der Waals surface area (Å²) in [5.74, 6) is 0.833. The molecule has 1 aliphatic rings. The molecular weight excluding hydrogens is 312 g/mol. The fourth-order valence-electron chi connectivity index (χ4n) is 2.27. The second kappa shape index (κ2) is 4.19. The molecule has 0 aromatic carbocycles. The number of esters is 1. The number of rotatable bonds is 3. The first-order chi connectivity index (χ1) is 9.10. The zero-order valence-corrected chi connectivity index (χ0v) is 12.0. The number of hydrogen-bond acceptors (Lipinski definition) is 5. The van der Waals surface area contributed by atoms with Gasteiger partial charge in [-0.3, -0.25) is 9.20 Å². The van der Waals surface area contributed by atoms with Crippen molar-refractivity contribution in [1.29, 1.82) is 0 Å². The van der Waals surface area contributed by atoms with E-state index in [2.05, 4.69) is 25.9 Å². The van der Waals surface area contributed by atoms with Crippen molar-refractivity contribution < 1.29 is 9.53 Å². The lowest BCUT2D eigenvalue weighted by atomic mass is 10.1. The van der Waals surface area contributed by atoms with Gasteiger partial charge >= 0.3 is 5.97 Å². The summed E-state index contributed by atoms with van der Waals surface area (Å²) in [6, 6.07) is 0. The molecule has 6 nitrogen and oxygen atoms in total. The molecule has 0 bridgehead atoms. The number of aromatic nitrogens is 3. The standard InChI is InChI=1S/C12H13BrN4O2/c1-2-19-11(18)12(3-4-12)10-16-8(13)7-9(14)15-5-6-17(7)10/h5-6H,2-4H2,1H3,(H2,14,15). The third-order valence-corrected chi connectivity index (χ3v) is 3.94. The Hall–Kier alpha value is -1.63. The molecule has 2 aromatic heterocycles. The average molecular weight is 325 g/mol. The van der Waals surface area contributed by atoms with Crippen molar-refractivity contribution in [3.63, 3.8) is 0 Å². The highest BCUT2D eigenvalue weighted by atomic mass is 79.9. The van der Waals surface area contributed by atoms with E-state index in [-0.39, 0.29) is 5.97 Å². The van der Waals surface area contributed by atoms with Crippen molar-refractivity contribution in [3.8, 4) is 0 Å². The molecule has 19 heavy (non-hydrogen) atoms. The van der Waals surface area contributed by atoms with Crippen molar-refractivity contribution in [2.75, 3.05) is 12.3 Å². The van der Waals surface area contributed by atoms with Gasteiger partial charge in [-0.25, -0.2) is 9.97 Å². The number of halogens is 1. The number of hydrogen-bond donors (Lipinski definition) is 1. The summed E-state index contributed by atoms with van der Waals surface area (Å²) in [7, 11) is 0. The van der Waals surface area contributed by atoms with Crippen molar-refractivity contribution >= 4 is 33.2 Å². The van der Waals surface area contributed by atoms with Gasteiger partial charge in [-0.15, -0.1) is 0 Å². The summed E-state index contributed by atoms with van der Waals surface area (Å²) < 4.78 is 7.57. The third-order valence-electron chi connectivity index (χ3n) is 3.38. The van der Waals surface area contributed by atoms with Gasteiger partial charge in [-0.05, 0) is 35.7 Å². The van der Waals surface area contributed by atoms with Crippen molar-refractivity contribution in [2.24, 2.45) is 0 Å². The zero-order valence-electron chi connectivity index (χ0n) is 10.4. The van der Waals surface area contributed by atoms with Crippen LogP contribution in [-0.2, 0) is 14.9 Å². The first kappa shape index (κ1) is 12.4. The molecule has 2 aromatic rings. The van der Waals surface area contributed by atoms with Gasteiger partial charge in [0.15, 0.2) is 5.82 Å². The second-order valence-electron chi connectivity index (χ2n) is 4.56. The highest BCUT2D eigenvalue weighted by Gasteiger charge is 2.56. The van der Waals surface area contributed by atoms with Crippen molar-refractivity contribution in [3.05, 3.63) is 22.8 Å². The molecule has 0 saturated heterocycles. The number of nitrogen functional groups attached to an aromatic ring is 1. The highest BCUT2D eigenvalue weighted by molar-refractivity contribution is 9.10. The van der Waals surface area contributed by atoms with Crippen LogP contribution in [0.15, 0.2) is 17.0 Å². The monoisotopic (exact) mass is 324 g/mol. The summed E-state index contributed by atoms with van der Waals surface area (Å²) in [5.41, 5.74) is 5.91. The molecule has 0 unspecified atom stereocenters. The topological polar surface area (TPSA) is 82.5 Å². The Labute approximate surface area is 118 Å². The van der Waals surface area contributed by atoms with E-state index < -0.39 is 5.41 Å². The molecule has 0 aliphatic heterocycles. The third kappa shape index (κ3) is 1.72. The minimum absolute atomic E-state index is 0.218. The van der Waals surface area contributed by atoms with E-state index in [1.165, 1.54) is 0 Å². The second-order valence-corrected chi connectivity index (χ2v) is 5.31. The largest absolute Gasteiger partial charge is 0.465 e. The van der Waals surface area contributed by atoms with Crippen LogP contribution in [-0.4, -0.2) is 26.9 Å². The Morgan fingerprint density at radius 3 is 3.00 bits per heavy atom. The number of nitrogens with two attached hydrogens (primary N) is 1.